The van der Waals surface area contributed by atoms with Gasteiger partial charge in [-0.25, -0.2) is 0 Å². The Bertz CT molecular complexity index is 654. The number of carbonyl (C=O) groups is 1. The van der Waals surface area contributed by atoms with E-state index in [1.54, 1.807) is 0 Å². The predicted molar refractivity (Wildman–Crippen MR) is 94.8 cm³/mol. The van der Waals surface area contributed by atoms with Crippen LogP contribution in [-0.2, 0) is 11.2 Å². The Labute approximate surface area is 138 Å². The molecule has 1 heterocycles. The van der Waals surface area contributed by atoms with E-state index in [0.717, 1.165) is 31.6 Å². The molecule has 0 fully saturated rings. The lowest BCUT2D eigenvalue weighted by Crippen LogP contribution is -2.41. The molecule has 3 rings (SSSR count). The SMILES string of the molecule is CC(CNCC(=O)N1CCCc2ccccc21)c1ccccc1. The molecule has 3 nitrogen and oxygen atoms in total. The molecular weight excluding hydrogens is 284 g/mol. The van der Waals surface area contributed by atoms with Crippen LogP contribution in [-0.4, -0.2) is 25.5 Å². The molecule has 0 spiro atoms. The lowest BCUT2D eigenvalue weighted by molar-refractivity contribution is -0.117. The van der Waals surface area contributed by atoms with Crippen LogP contribution in [0.1, 0.15) is 30.4 Å². The van der Waals surface area contributed by atoms with Crippen molar-refractivity contribution < 1.29 is 4.79 Å². The normalized spacial score (nSPS) is 15.1. The van der Waals surface area contributed by atoms with Crippen molar-refractivity contribution in [3.8, 4) is 0 Å². The van der Waals surface area contributed by atoms with Crippen molar-refractivity contribution in [2.45, 2.75) is 25.7 Å². The average Bonchev–Trinajstić information content (AvgIpc) is 2.61. The van der Waals surface area contributed by atoms with Crippen molar-refractivity contribution in [3.63, 3.8) is 0 Å². The van der Waals surface area contributed by atoms with E-state index in [9.17, 15) is 4.79 Å². The second kappa shape index (κ2) is 7.42. The van der Waals surface area contributed by atoms with Crippen LogP contribution in [0.2, 0.25) is 0 Å². The van der Waals surface area contributed by atoms with Crippen LogP contribution in [0.3, 0.4) is 0 Å². The van der Waals surface area contributed by atoms with Gasteiger partial charge >= 0.3 is 0 Å². The molecule has 0 aromatic heterocycles. The minimum Gasteiger partial charge on any atom is -0.311 e. The van der Waals surface area contributed by atoms with Gasteiger partial charge in [0.1, 0.15) is 0 Å². The lowest BCUT2D eigenvalue weighted by Gasteiger charge is -2.29. The van der Waals surface area contributed by atoms with Gasteiger partial charge in [-0.3, -0.25) is 4.79 Å². The molecule has 1 unspecified atom stereocenters. The van der Waals surface area contributed by atoms with E-state index in [-0.39, 0.29) is 5.91 Å². The first-order valence-electron chi connectivity index (χ1n) is 8.39. The maximum atomic E-state index is 12.5. The zero-order valence-corrected chi connectivity index (χ0v) is 13.7. The predicted octanol–water partition coefficient (Wildman–Crippen LogP) is 3.36. The topological polar surface area (TPSA) is 32.3 Å². The highest BCUT2D eigenvalue weighted by Gasteiger charge is 2.21. The molecular formula is C20H24N2O. The van der Waals surface area contributed by atoms with Crippen LogP contribution in [0.15, 0.2) is 54.6 Å². The minimum atomic E-state index is 0.164. The maximum Gasteiger partial charge on any atom is 0.240 e. The first-order chi connectivity index (χ1) is 11.3. The van der Waals surface area contributed by atoms with Crippen molar-refractivity contribution in [1.29, 1.82) is 0 Å². The summed E-state index contributed by atoms with van der Waals surface area (Å²) in [6.45, 7) is 4.21. The zero-order valence-electron chi connectivity index (χ0n) is 13.7. The molecule has 1 aliphatic heterocycles. The van der Waals surface area contributed by atoms with Crippen LogP contribution in [0.4, 0.5) is 5.69 Å². The molecule has 2 aromatic carbocycles. The van der Waals surface area contributed by atoms with Gasteiger partial charge in [0.05, 0.1) is 6.54 Å². The van der Waals surface area contributed by atoms with Gasteiger partial charge < -0.3 is 10.2 Å². The summed E-state index contributed by atoms with van der Waals surface area (Å²) in [5.74, 6) is 0.565. The van der Waals surface area contributed by atoms with E-state index in [1.807, 2.05) is 23.1 Å². The number of carbonyl (C=O) groups excluding carboxylic acids is 1. The summed E-state index contributed by atoms with van der Waals surface area (Å²) in [5.41, 5.74) is 3.67. The molecule has 1 aliphatic rings. The van der Waals surface area contributed by atoms with Gasteiger partial charge in [0.25, 0.3) is 0 Å². The van der Waals surface area contributed by atoms with Crippen molar-refractivity contribution in [2.24, 2.45) is 0 Å². The summed E-state index contributed by atoms with van der Waals surface area (Å²) in [6.07, 6.45) is 2.11. The smallest absolute Gasteiger partial charge is 0.240 e. The number of nitrogens with zero attached hydrogens (tertiary/aromatic N) is 1. The van der Waals surface area contributed by atoms with Gasteiger partial charge in [-0.2, -0.15) is 0 Å². The molecule has 0 saturated carbocycles. The molecule has 0 saturated heterocycles. The van der Waals surface area contributed by atoms with Crippen LogP contribution in [0, 0.1) is 0 Å². The van der Waals surface area contributed by atoms with Crippen LogP contribution in [0.5, 0.6) is 0 Å². The van der Waals surface area contributed by atoms with Gasteiger partial charge in [0.15, 0.2) is 0 Å². The molecule has 1 amide bonds. The number of rotatable bonds is 5. The number of fused-ring (bicyclic) bond motifs is 1. The second-order valence-corrected chi connectivity index (χ2v) is 6.22. The summed E-state index contributed by atoms with van der Waals surface area (Å²) < 4.78 is 0. The number of hydrogen-bond acceptors (Lipinski definition) is 2. The highest BCUT2D eigenvalue weighted by Crippen LogP contribution is 2.26. The molecule has 2 aromatic rings. The maximum absolute atomic E-state index is 12.5. The summed E-state index contributed by atoms with van der Waals surface area (Å²) in [4.78, 5) is 14.5. The molecule has 0 radical (unpaired) electrons. The Hall–Kier alpha value is -2.13. The summed E-state index contributed by atoms with van der Waals surface area (Å²) >= 11 is 0. The summed E-state index contributed by atoms with van der Waals surface area (Å²) in [7, 11) is 0. The number of amides is 1. The number of aryl methyl sites for hydroxylation is 1. The molecule has 0 bridgehead atoms. The zero-order chi connectivity index (χ0) is 16.1. The summed E-state index contributed by atoms with van der Waals surface area (Å²) in [5, 5.41) is 3.32. The Balaban J connectivity index is 1.54. The highest BCUT2D eigenvalue weighted by atomic mass is 16.2. The van der Waals surface area contributed by atoms with Crippen LogP contribution < -0.4 is 10.2 Å². The highest BCUT2D eigenvalue weighted by molar-refractivity contribution is 5.95. The second-order valence-electron chi connectivity index (χ2n) is 6.22. The third-order valence-corrected chi connectivity index (χ3v) is 4.51. The van der Waals surface area contributed by atoms with E-state index >= 15 is 0 Å². The first-order valence-corrected chi connectivity index (χ1v) is 8.39. The van der Waals surface area contributed by atoms with E-state index in [4.69, 9.17) is 0 Å². The minimum absolute atomic E-state index is 0.164. The number of para-hydroxylation sites is 1. The third-order valence-electron chi connectivity index (χ3n) is 4.51. The Morgan fingerprint density at radius 2 is 1.87 bits per heavy atom. The van der Waals surface area contributed by atoms with Crippen LogP contribution in [0.25, 0.3) is 0 Å². The fraction of sp³-hybridized carbons (Fsp3) is 0.350. The molecule has 120 valence electrons. The largest absolute Gasteiger partial charge is 0.311 e. The standard InChI is InChI=1S/C20H24N2O/c1-16(17-8-3-2-4-9-17)14-21-15-20(23)22-13-7-11-18-10-5-6-12-19(18)22/h2-6,8-10,12,16,21H,7,11,13-15H2,1H3. The van der Waals surface area contributed by atoms with Crippen molar-refractivity contribution in [1.82, 2.24) is 5.32 Å². The van der Waals surface area contributed by atoms with E-state index in [1.165, 1.54) is 11.1 Å². The lowest BCUT2D eigenvalue weighted by atomic mass is 10.0. The molecule has 1 N–H and O–H groups in total. The molecule has 23 heavy (non-hydrogen) atoms. The fourth-order valence-electron chi connectivity index (χ4n) is 3.18. The Morgan fingerprint density at radius 1 is 1.13 bits per heavy atom. The van der Waals surface area contributed by atoms with E-state index in [2.05, 4.69) is 48.6 Å². The summed E-state index contributed by atoms with van der Waals surface area (Å²) in [6, 6.07) is 18.6. The number of anilines is 1. The van der Waals surface area contributed by atoms with Gasteiger partial charge in [-0.05, 0) is 36.0 Å². The van der Waals surface area contributed by atoms with Gasteiger partial charge in [-0.1, -0.05) is 55.5 Å². The molecule has 3 heteroatoms. The first kappa shape index (κ1) is 15.8. The van der Waals surface area contributed by atoms with Gasteiger partial charge in [-0.15, -0.1) is 0 Å². The quantitative estimate of drug-likeness (QED) is 0.918. The Kier molecular flexibility index (Phi) is 5.09. The Morgan fingerprint density at radius 3 is 2.70 bits per heavy atom. The van der Waals surface area contributed by atoms with Gasteiger partial charge in [0.2, 0.25) is 5.91 Å². The molecule has 1 atom stereocenters. The number of nitrogens with one attached hydrogen (secondary N) is 1. The monoisotopic (exact) mass is 308 g/mol. The van der Waals surface area contributed by atoms with Crippen molar-refractivity contribution in [2.75, 3.05) is 24.5 Å². The van der Waals surface area contributed by atoms with Crippen molar-refractivity contribution >= 4 is 11.6 Å². The van der Waals surface area contributed by atoms with E-state index in [0.29, 0.717) is 12.5 Å². The third kappa shape index (κ3) is 3.80. The van der Waals surface area contributed by atoms with Gasteiger partial charge in [0, 0.05) is 18.8 Å². The number of hydrogen-bond donors (Lipinski definition) is 1. The van der Waals surface area contributed by atoms with E-state index < -0.39 is 0 Å². The fourth-order valence-corrected chi connectivity index (χ4v) is 3.18. The van der Waals surface area contributed by atoms with Crippen LogP contribution >= 0.6 is 0 Å². The van der Waals surface area contributed by atoms with Crippen molar-refractivity contribution in [3.05, 3.63) is 65.7 Å². The molecule has 0 aliphatic carbocycles. The average molecular weight is 308 g/mol. The number of benzene rings is 2.